The summed E-state index contributed by atoms with van der Waals surface area (Å²) in [6.45, 7) is 0. The molecule has 2 aromatic carbocycles. The normalized spacial score (nSPS) is 10.4. The molecule has 0 aliphatic rings. The van der Waals surface area contributed by atoms with Gasteiger partial charge in [0.1, 0.15) is 11.5 Å². The van der Waals surface area contributed by atoms with Crippen LogP contribution >= 0.6 is 0 Å². The second-order valence-electron chi connectivity index (χ2n) is 4.43. The summed E-state index contributed by atoms with van der Waals surface area (Å²) in [4.78, 5) is 4.36. The predicted molar refractivity (Wildman–Crippen MR) is 78.4 cm³/mol. The Bertz CT molecular complexity index is 689. The summed E-state index contributed by atoms with van der Waals surface area (Å²) in [6, 6.07) is 17.8. The van der Waals surface area contributed by atoms with Crippen LogP contribution in [0.3, 0.4) is 0 Å². The lowest BCUT2D eigenvalue weighted by molar-refractivity contribution is 0.476. The molecule has 0 unspecified atom stereocenters. The highest BCUT2D eigenvalue weighted by Gasteiger charge is 2.13. The first kappa shape index (κ1) is 12.2. The summed E-state index contributed by atoms with van der Waals surface area (Å²) in [6.07, 6.45) is 1.67. The average Bonchev–Trinajstić information content (AvgIpc) is 2.48. The van der Waals surface area contributed by atoms with Gasteiger partial charge < -0.3 is 10.2 Å². The van der Waals surface area contributed by atoms with E-state index in [0.29, 0.717) is 16.8 Å². The van der Waals surface area contributed by atoms with Crippen molar-refractivity contribution < 1.29 is 10.2 Å². The molecule has 0 bridgehead atoms. The molecular weight excluding hydrogens is 250 g/mol. The van der Waals surface area contributed by atoms with Gasteiger partial charge in [0.15, 0.2) is 0 Å². The first-order valence-corrected chi connectivity index (χ1v) is 6.29. The van der Waals surface area contributed by atoms with E-state index in [4.69, 9.17) is 0 Å². The van der Waals surface area contributed by atoms with Crippen LogP contribution in [0.15, 0.2) is 66.9 Å². The lowest BCUT2D eigenvalue weighted by Crippen LogP contribution is -1.89. The van der Waals surface area contributed by atoms with Crippen LogP contribution in [-0.2, 0) is 0 Å². The minimum absolute atomic E-state index is 0.169. The zero-order chi connectivity index (χ0) is 13.9. The maximum Gasteiger partial charge on any atom is 0.124 e. The topological polar surface area (TPSA) is 53.4 Å². The SMILES string of the molecule is Oc1ccccc1-c1cccnc1-c1ccccc1O. The van der Waals surface area contributed by atoms with Crippen LogP contribution in [0, 0.1) is 0 Å². The van der Waals surface area contributed by atoms with Gasteiger partial charge in [-0.1, -0.05) is 36.4 Å². The number of aromatic hydroxyl groups is 2. The highest BCUT2D eigenvalue weighted by molar-refractivity contribution is 5.85. The maximum absolute atomic E-state index is 10.0. The number of hydrogen-bond acceptors (Lipinski definition) is 3. The maximum atomic E-state index is 10.0. The van der Waals surface area contributed by atoms with E-state index in [-0.39, 0.29) is 11.5 Å². The minimum Gasteiger partial charge on any atom is -0.507 e. The van der Waals surface area contributed by atoms with Crippen LogP contribution < -0.4 is 0 Å². The lowest BCUT2D eigenvalue weighted by Gasteiger charge is -2.11. The van der Waals surface area contributed by atoms with Crippen LogP contribution in [0.1, 0.15) is 0 Å². The fourth-order valence-electron chi connectivity index (χ4n) is 2.21. The molecule has 0 radical (unpaired) electrons. The molecule has 3 heteroatoms. The van der Waals surface area contributed by atoms with Gasteiger partial charge in [-0.2, -0.15) is 0 Å². The Balaban J connectivity index is 2.25. The molecule has 98 valence electrons. The molecular formula is C17H13NO2. The largest absolute Gasteiger partial charge is 0.507 e. The highest BCUT2D eigenvalue weighted by atomic mass is 16.3. The third kappa shape index (κ3) is 2.10. The first-order valence-electron chi connectivity index (χ1n) is 6.29. The summed E-state index contributed by atoms with van der Waals surface area (Å²) in [7, 11) is 0. The van der Waals surface area contributed by atoms with Gasteiger partial charge in [-0.05, 0) is 24.3 Å². The number of rotatable bonds is 2. The Morgan fingerprint density at radius 3 is 1.80 bits per heavy atom. The Labute approximate surface area is 116 Å². The molecule has 1 heterocycles. The molecule has 3 nitrogen and oxygen atoms in total. The number of aromatic nitrogens is 1. The van der Waals surface area contributed by atoms with E-state index >= 15 is 0 Å². The number of phenols is 2. The molecule has 3 rings (SSSR count). The lowest BCUT2D eigenvalue weighted by atomic mass is 9.98. The number of para-hydroxylation sites is 2. The Kier molecular flexibility index (Phi) is 3.09. The molecule has 0 amide bonds. The average molecular weight is 263 g/mol. The number of pyridine rings is 1. The van der Waals surface area contributed by atoms with Gasteiger partial charge >= 0.3 is 0 Å². The number of benzene rings is 2. The summed E-state index contributed by atoms with van der Waals surface area (Å²) in [5.41, 5.74) is 2.77. The Morgan fingerprint density at radius 1 is 0.600 bits per heavy atom. The van der Waals surface area contributed by atoms with Gasteiger partial charge in [-0.15, -0.1) is 0 Å². The second kappa shape index (κ2) is 5.05. The van der Waals surface area contributed by atoms with Crippen molar-refractivity contribution in [1.29, 1.82) is 0 Å². The molecule has 0 saturated carbocycles. The molecule has 0 atom stereocenters. The molecule has 2 N–H and O–H groups in total. The van der Waals surface area contributed by atoms with E-state index in [1.807, 2.05) is 30.3 Å². The Hall–Kier alpha value is -2.81. The van der Waals surface area contributed by atoms with Crippen molar-refractivity contribution in [3.8, 4) is 33.9 Å². The molecule has 0 aliphatic carbocycles. The van der Waals surface area contributed by atoms with Crippen LogP contribution in [0.4, 0.5) is 0 Å². The second-order valence-corrected chi connectivity index (χ2v) is 4.43. The standard InChI is InChI=1S/C17H13NO2/c19-15-9-3-1-6-12(15)13-8-5-11-18-17(13)14-7-2-4-10-16(14)20/h1-11,19-20H. The van der Waals surface area contributed by atoms with E-state index in [2.05, 4.69) is 4.98 Å². The van der Waals surface area contributed by atoms with Crippen LogP contribution in [0.2, 0.25) is 0 Å². The summed E-state index contributed by atoms with van der Waals surface area (Å²) < 4.78 is 0. The fraction of sp³-hybridized carbons (Fsp3) is 0. The van der Waals surface area contributed by atoms with E-state index in [0.717, 1.165) is 5.56 Å². The number of nitrogens with zero attached hydrogens (tertiary/aromatic N) is 1. The number of phenolic OH excluding ortho intramolecular Hbond substituents is 2. The Morgan fingerprint density at radius 2 is 1.15 bits per heavy atom. The van der Waals surface area contributed by atoms with Gasteiger partial charge in [0.2, 0.25) is 0 Å². The predicted octanol–water partition coefficient (Wildman–Crippen LogP) is 3.83. The van der Waals surface area contributed by atoms with Crippen molar-refractivity contribution in [3.63, 3.8) is 0 Å². The first-order chi connectivity index (χ1) is 9.77. The van der Waals surface area contributed by atoms with E-state index < -0.39 is 0 Å². The zero-order valence-electron chi connectivity index (χ0n) is 10.7. The van der Waals surface area contributed by atoms with E-state index in [9.17, 15) is 10.2 Å². The summed E-state index contributed by atoms with van der Waals surface area (Å²) in [5.74, 6) is 0.361. The van der Waals surface area contributed by atoms with Crippen LogP contribution in [0.25, 0.3) is 22.4 Å². The van der Waals surface area contributed by atoms with Crippen molar-refractivity contribution >= 4 is 0 Å². The van der Waals surface area contributed by atoms with Crippen molar-refractivity contribution in [2.24, 2.45) is 0 Å². The van der Waals surface area contributed by atoms with E-state index in [1.165, 1.54) is 0 Å². The molecule has 3 aromatic rings. The zero-order valence-corrected chi connectivity index (χ0v) is 10.7. The van der Waals surface area contributed by atoms with Gasteiger partial charge in [0, 0.05) is 22.9 Å². The van der Waals surface area contributed by atoms with Crippen LogP contribution in [0.5, 0.6) is 11.5 Å². The van der Waals surface area contributed by atoms with Crippen molar-refractivity contribution in [2.45, 2.75) is 0 Å². The third-order valence-corrected chi connectivity index (χ3v) is 3.16. The van der Waals surface area contributed by atoms with Gasteiger partial charge in [-0.3, -0.25) is 4.98 Å². The van der Waals surface area contributed by atoms with Gasteiger partial charge in [0.25, 0.3) is 0 Å². The minimum atomic E-state index is 0.169. The monoisotopic (exact) mass is 263 g/mol. The molecule has 0 aliphatic heterocycles. The summed E-state index contributed by atoms with van der Waals surface area (Å²) >= 11 is 0. The molecule has 0 fully saturated rings. The fourth-order valence-corrected chi connectivity index (χ4v) is 2.21. The van der Waals surface area contributed by atoms with Gasteiger partial charge in [0.05, 0.1) is 5.69 Å². The van der Waals surface area contributed by atoms with Gasteiger partial charge in [-0.25, -0.2) is 0 Å². The molecule has 0 saturated heterocycles. The molecule has 1 aromatic heterocycles. The van der Waals surface area contributed by atoms with Crippen molar-refractivity contribution in [1.82, 2.24) is 4.98 Å². The van der Waals surface area contributed by atoms with Crippen molar-refractivity contribution in [3.05, 3.63) is 66.9 Å². The molecule has 20 heavy (non-hydrogen) atoms. The third-order valence-electron chi connectivity index (χ3n) is 3.16. The smallest absolute Gasteiger partial charge is 0.124 e. The van der Waals surface area contributed by atoms with Crippen LogP contribution in [-0.4, -0.2) is 15.2 Å². The van der Waals surface area contributed by atoms with Crippen molar-refractivity contribution in [2.75, 3.05) is 0 Å². The number of hydrogen-bond donors (Lipinski definition) is 2. The summed E-state index contributed by atoms with van der Waals surface area (Å²) in [5, 5.41) is 20.0. The van der Waals surface area contributed by atoms with E-state index in [1.54, 1.807) is 36.5 Å². The highest BCUT2D eigenvalue weighted by Crippen LogP contribution is 2.37. The molecule has 0 spiro atoms. The quantitative estimate of drug-likeness (QED) is 0.738.